The van der Waals surface area contributed by atoms with Crippen molar-refractivity contribution < 1.29 is 14.3 Å². The van der Waals surface area contributed by atoms with E-state index >= 15 is 0 Å². The molecule has 0 radical (unpaired) electrons. The van der Waals surface area contributed by atoms with Crippen molar-refractivity contribution in [3.8, 4) is 0 Å². The molecule has 110 valence electrons. The summed E-state index contributed by atoms with van der Waals surface area (Å²) in [5, 5.41) is 0. The van der Waals surface area contributed by atoms with Crippen molar-refractivity contribution in [1.82, 2.24) is 0 Å². The van der Waals surface area contributed by atoms with Gasteiger partial charge in [0.15, 0.2) is 0 Å². The van der Waals surface area contributed by atoms with Crippen LogP contribution in [0.1, 0.15) is 59.3 Å². The van der Waals surface area contributed by atoms with Gasteiger partial charge in [0, 0.05) is 6.42 Å². The third-order valence-corrected chi connectivity index (χ3v) is 5.64. The highest BCUT2D eigenvalue weighted by atomic mass is 16.6. The van der Waals surface area contributed by atoms with Crippen molar-refractivity contribution in [2.75, 3.05) is 13.7 Å². The summed E-state index contributed by atoms with van der Waals surface area (Å²) in [4.78, 5) is 11.2. The lowest BCUT2D eigenvalue weighted by Crippen LogP contribution is -2.45. The van der Waals surface area contributed by atoms with Gasteiger partial charge in [-0.2, -0.15) is 0 Å². The summed E-state index contributed by atoms with van der Waals surface area (Å²) in [6.07, 6.45) is 6.42. The molecule has 0 aromatic heterocycles. The van der Waals surface area contributed by atoms with E-state index in [0.29, 0.717) is 18.3 Å². The Morgan fingerprint density at radius 3 is 2.74 bits per heavy atom. The summed E-state index contributed by atoms with van der Waals surface area (Å²) >= 11 is 0. The SMILES string of the molecule is COC(=O)CCC[C@@H](C)[C@H]1CCCC2(CO2)C1(C)C. The minimum atomic E-state index is -0.0860. The molecular weight excluding hydrogens is 240 g/mol. The van der Waals surface area contributed by atoms with E-state index in [1.165, 1.54) is 26.4 Å². The van der Waals surface area contributed by atoms with Crippen molar-refractivity contribution in [2.24, 2.45) is 17.3 Å². The number of rotatable bonds is 5. The van der Waals surface area contributed by atoms with Crippen molar-refractivity contribution in [1.29, 1.82) is 0 Å². The van der Waals surface area contributed by atoms with Gasteiger partial charge in [-0.1, -0.05) is 27.2 Å². The standard InChI is InChI=1S/C16H28O3/c1-12(7-5-9-14(17)18-4)13-8-6-10-16(11-19-16)15(13,2)3/h12-13H,5-11H2,1-4H3/t12-,13-,16?/m1/s1. The van der Waals surface area contributed by atoms with E-state index in [0.717, 1.165) is 19.4 Å². The summed E-state index contributed by atoms with van der Waals surface area (Å²) < 4.78 is 10.5. The van der Waals surface area contributed by atoms with Crippen LogP contribution in [0.4, 0.5) is 0 Å². The van der Waals surface area contributed by atoms with Gasteiger partial charge in [0.2, 0.25) is 0 Å². The quantitative estimate of drug-likeness (QED) is 0.565. The minimum absolute atomic E-state index is 0.0860. The fourth-order valence-corrected chi connectivity index (χ4v) is 4.10. The highest BCUT2D eigenvalue weighted by Gasteiger charge is 2.61. The zero-order chi connectivity index (χ0) is 14.1. The number of hydrogen-bond donors (Lipinski definition) is 0. The third-order valence-electron chi connectivity index (χ3n) is 5.64. The van der Waals surface area contributed by atoms with Crippen molar-refractivity contribution >= 4 is 5.97 Å². The Kier molecular flexibility index (Phi) is 4.24. The Hall–Kier alpha value is -0.570. The number of hydrogen-bond acceptors (Lipinski definition) is 3. The Bertz CT molecular complexity index is 331. The molecule has 1 aliphatic carbocycles. The van der Waals surface area contributed by atoms with Crippen molar-refractivity contribution in [3.63, 3.8) is 0 Å². The van der Waals surface area contributed by atoms with Crippen LogP contribution >= 0.6 is 0 Å². The van der Waals surface area contributed by atoms with Gasteiger partial charge < -0.3 is 9.47 Å². The van der Waals surface area contributed by atoms with Crippen molar-refractivity contribution in [2.45, 2.75) is 64.9 Å². The molecule has 0 N–H and O–H groups in total. The van der Waals surface area contributed by atoms with Crippen LogP contribution in [0.3, 0.4) is 0 Å². The zero-order valence-corrected chi connectivity index (χ0v) is 12.8. The van der Waals surface area contributed by atoms with Gasteiger partial charge in [0.1, 0.15) is 0 Å². The summed E-state index contributed by atoms with van der Waals surface area (Å²) in [5.74, 6) is 1.28. The molecule has 1 heterocycles. The lowest BCUT2D eigenvalue weighted by Gasteiger charge is -2.46. The van der Waals surface area contributed by atoms with Gasteiger partial charge in [0.05, 0.1) is 19.3 Å². The normalized spacial score (nSPS) is 34.0. The Balaban J connectivity index is 1.87. The van der Waals surface area contributed by atoms with Gasteiger partial charge in [-0.15, -0.1) is 0 Å². The van der Waals surface area contributed by atoms with Gasteiger partial charge in [-0.25, -0.2) is 0 Å². The Morgan fingerprint density at radius 1 is 1.47 bits per heavy atom. The maximum Gasteiger partial charge on any atom is 0.305 e. The molecule has 0 aromatic rings. The highest BCUT2D eigenvalue weighted by molar-refractivity contribution is 5.68. The molecular formula is C16H28O3. The third kappa shape index (κ3) is 2.81. The maximum absolute atomic E-state index is 11.2. The van der Waals surface area contributed by atoms with Crippen LogP contribution in [0.2, 0.25) is 0 Å². The summed E-state index contributed by atoms with van der Waals surface area (Å²) in [5.41, 5.74) is 0.447. The van der Waals surface area contributed by atoms with E-state index in [1.807, 2.05) is 0 Å². The highest BCUT2D eigenvalue weighted by Crippen LogP contribution is 2.58. The molecule has 1 aliphatic heterocycles. The smallest absolute Gasteiger partial charge is 0.305 e. The molecule has 1 saturated carbocycles. The largest absolute Gasteiger partial charge is 0.469 e. The van der Waals surface area contributed by atoms with E-state index in [9.17, 15) is 4.79 Å². The molecule has 0 amide bonds. The molecule has 19 heavy (non-hydrogen) atoms. The topological polar surface area (TPSA) is 38.8 Å². The van der Waals surface area contributed by atoms with Crippen molar-refractivity contribution in [3.05, 3.63) is 0 Å². The van der Waals surface area contributed by atoms with Crippen LogP contribution in [0.25, 0.3) is 0 Å². The molecule has 1 spiro atoms. The molecule has 3 nitrogen and oxygen atoms in total. The van der Waals surface area contributed by atoms with Gasteiger partial charge in [0.25, 0.3) is 0 Å². The van der Waals surface area contributed by atoms with E-state index in [1.54, 1.807) is 0 Å². The number of ether oxygens (including phenoxy) is 2. The van der Waals surface area contributed by atoms with Crippen LogP contribution in [0.15, 0.2) is 0 Å². The Morgan fingerprint density at radius 2 is 2.16 bits per heavy atom. The first-order valence-corrected chi connectivity index (χ1v) is 7.64. The van der Waals surface area contributed by atoms with Crippen LogP contribution in [0, 0.1) is 17.3 Å². The fraction of sp³-hybridized carbons (Fsp3) is 0.938. The van der Waals surface area contributed by atoms with E-state index in [-0.39, 0.29) is 17.0 Å². The van der Waals surface area contributed by atoms with E-state index in [4.69, 9.17) is 9.47 Å². The molecule has 1 unspecified atom stereocenters. The average molecular weight is 268 g/mol. The predicted octanol–water partition coefficient (Wildman–Crippen LogP) is 3.56. The number of esters is 1. The minimum Gasteiger partial charge on any atom is -0.469 e. The first-order chi connectivity index (χ1) is 8.93. The van der Waals surface area contributed by atoms with Crippen LogP contribution in [-0.4, -0.2) is 25.3 Å². The van der Waals surface area contributed by atoms with Gasteiger partial charge >= 0.3 is 5.97 Å². The summed E-state index contributed by atoms with van der Waals surface area (Å²) in [6.45, 7) is 8.04. The zero-order valence-electron chi connectivity index (χ0n) is 12.8. The molecule has 2 fully saturated rings. The lowest BCUT2D eigenvalue weighted by atomic mass is 9.58. The van der Waals surface area contributed by atoms with Crippen LogP contribution in [0.5, 0.6) is 0 Å². The monoisotopic (exact) mass is 268 g/mol. The molecule has 0 aromatic carbocycles. The molecule has 3 atom stereocenters. The maximum atomic E-state index is 11.2. The molecule has 1 saturated heterocycles. The summed E-state index contributed by atoms with van der Waals surface area (Å²) in [7, 11) is 1.46. The van der Waals surface area contributed by atoms with Crippen LogP contribution in [-0.2, 0) is 14.3 Å². The average Bonchev–Trinajstić information content (AvgIpc) is 3.14. The molecule has 3 heteroatoms. The fourth-order valence-electron chi connectivity index (χ4n) is 4.10. The first kappa shape index (κ1) is 14.8. The van der Waals surface area contributed by atoms with Gasteiger partial charge in [-0.05, 0) is 42.9 Å². The van der Waals surface area contributed by atoms with Gasteiger partial charge in [-0.3, -0.25) is 4.79 Å². The first-order valence-electron chi connectivity index (χ1n) is 7.64. The number of carbonyl (C=O) groups excluding carboxylic acids is 1. The lowest BCUT2D eigenvalue weighted by molar-refractivity contribution is -0.140. The molecule has 2 rings (SSSR count). The van der Waals surface area contributed by atoms with E-state index < -0.39 is 0 Å². The van der Waals surface area contributed by atoms with Crippen LogP contribution < -0.4 is 0 Å². The summed E-state index contributed by atoms with van der Waals surface area (Å²) in [6, 6.07) is 0. The van der Waals surface area contributed by atoms with E-state index in [2.05, 4.69) is 20.8 Å². The number of epoxide rings is 1. The Labute approximate surface area is 117 Å². The number of methoxy groups -OCH3 is 1. The predicted molar refractivity (Wildman–Crippen MR) is 74.8 cm³/mol. The second-order valence-electron chi connectivity index (χ2n) is 6.95. The second-order valence-corrected chi connectivity index (χ2v) is 6.95. The number of carbonyl (C=O) groups is 1. The molecule has 0 bridgehead atoms. The molecule has 2 aliphatic rings. The second kappa shape index (κ2) is 5.43.